The SMILES string of the molecule is N#CC1[CH-]C(c2ccccc2)=NO1.[Rb+]. The minimum Gasteiger partial charge on any atom is -0.394 e. The third-order valence-electron chi connectivity index (χ3n) is 1.77. The average molecular weight is 257 g/mol. The van der Waals surface area contributed by atoms with E-state index >= 15 is 0 Å². The summed E-state index contributed by atoms with van der Waals surface area (Å²) in [4.78, 5) is 4.84. The molecule has 1 unspecified atom stereocenters. The molecule has 1 heterocycles. The van der Waals surface area contributed by atoms with Crippen LogP contribution in [0, 0.1) is 17.8 Å². The van der Waals surface area contributed by atoms with Crippen molar-refractivity contribution in [3.8, 4) is 6.07 Å². The van der Waals surface area contributed by atoms with Crippen LogP contribution >= 0.6 is 0 Å². The molecule has 0 saturated carbocycles. The van der Waals surface area contributed by atoms with Gasteiger partial charge in [-0.15, -0.1) is 29.3 Å². The van der Waals surface area contributed by atoms with Crippen molar-refractivity contribution in [3.63, 3.8) is 0 Å². The van der Waals surface area contributed by atoms with Crippen LogP contribution in [0.3, 0.4) is 0 Å². The van der Waals surface area contributed by atoms with Crippen LogP contribution in [0.15, 0.2) is 35.5 Å². The van der Waals surface area contributed by atoms with Gasteiger partial charge in [0, 0.05) is 0 Å². The van der Waals surface area contributed by atoms with Crippen LogP contribution in [0.1, 0.15) is 5.56 Å². The summed E-state index contributed by atoms with van der Waals surface area (Å²) in [6, 6.07) is 11.6. The van der Waals surface area contributed by atoms with Crippen LogP contribution in [0.4, 0.5) is 0 Å². The molecule has 1 aromatic rings. The van der Waals surface area contributed by atoms with E-state index in [1.165, 1.54) is 0 Å². The van der Waals surface area contributed by atoms with Crippen molar-refractivity contribution < 1.29 is 63.0 Å². The Morgan fingerprint density at radius 2 is 2.07 bits per heavy atom. The maximum atomic E-state index is 8.55. The van der Waals surface area contributed by atoms with Gasteiger partial charge in [-0.05, 0) is 5.71 Å². The van der Waals surface area contributed by atoms with Gasteiger partial charge in [-0.2, -0.15) is 5.26 Å². The molecule has 0 bridgehead atoms. The zero-order valence-electron chi connectivity index (χ0n) is 7.84. The largest absolute Gasteiger partial charge is 1.00 e. The van der Waals surface area contributed by atoms with Crippen molar-refractivity contribution in [1.82, 2.24) is 0 Å². The summed E-state index contributed by atoms with van der Waals surface area (Å²) in [6.45, 7) is 0. The molecule has 1 atom stereocenters. The standard InChI is InChI=1S/C10H7N2O.Rb/c11-7-9-6-10(12-13-9)8-4-2-1-3-5-8;/h1-6,9H;/q-1;+1. The van der Waals surface area contributed by atoms with Gasteiger partial charge in [0.25, 0.3) is 0 Å². The zero-order chi connectivity index (χ0) is 9.10. The molecule has 64 valence electrons. The van der Waals surface area contributed by atoms with E-state index in [0.29, 0.717) is 0 Å². The Bertz CT molecular complexity index is 369. The van der Waals surface area contributed by atoms with Gasteiger partial charge in [-0.25, -0.2) is 0 Å². The van der Waals surface area contributed by atoms with E-state index in [2.05, 4.69) is 5.16 Å². The molecule has 0 saturated heterocycles. The smallest absolute Gasteiger partial charge is 0.394 e. The van der Waals surface area contributed by atoms with Crippen molar-refractivity contribution in [2.75, 3.05) is 0 Å². The number of hydrogen-bond acceptors (Lipinski definition) is 3. The second-order valence-corrected chi connectivity index (χ2v) is 2.66. The van der Waals surface area contributed by atoms with Gasteiger partial charge < -0.3 is 4.84 Å². The van der Waals surface area contributed by atoms with E-state index in [9.17, 15) is 0 Å². The van der Waals surface area contributed by atoms with E-state index in [0.717, 1.165) is 11.3 Å². The number of nitriles is 1. The van der Waals surface area contributed by atoms with Crippen LogP contribution in [-0.2, 0) is 4.84 Å². The van der Waals surface area contributed by atoms with Gasteiger partial charge in [0.1, 0.15) is 0 Å². The fraction of sp³-hybridized carbons (Fsp3) is 0.100. The minimum atomic E-state index is -0.532. The van der Waals surface area contributed by atoms with Gasteiger partial charge in [-0.3, -0.25) is 0 Å². The average Bonchev–Trinajstić information content (AvgIpc) is 2.67. The molecular weight excluding hydrogens is 250 g/mol. The van der Waals surface area contributed by atoms with Gasteiger partial charge >= 0.3 is 58.2 Å². The molecule has 0 radical (unpaired) electrons. The van der Waals surface area contributed by atoms with E-state index < -0.39 is 6.10 Å². The minimum absolute atomic E-state index is 0. The molecule has 14 heavy (non-hydrogen) atoms. The molecule has 0 spiro atoms. The molecule has 1 aromatic carbocycles. The third-order valence-corrected chi connectivity index (χ3v) is 1.77. The second kappa shape index (κ2) is 5.67. The Labute approximate surface area is 132 Å². The number of hydrogen-bond donors (Lipinski definition) is 0. The molecule has 1 aliphatic heterocycles. The fourth-order valence-electron chi connectivity index (χ4n) is 1.14. The molecule has 0 N–H and O–H groups in total. The van der Waals surface area contributed by atoms with Crippen LogP contribution in [0.25, 0.3) is 0 Å². The first-order chi connectivity index (χ1) is 6.40. The third kappa shape index (κ3) is 2.67. The summed E-state index contributed by atoms with van der Waals surface area (Å²) < 4.78 is 0. The molecule has 0 aromatic heterocycles. The molecular formula is C10H7N2ORb. The molecule has 2 rings (SSSR count). The van der Waals surface area contributed by atoms with Crippen molar-refractivity contribution in [3.05, 3.63) is 42.3 Å². The predicted octanol–water partition coefficient (Wildman–Crippen LogP) is -1.48. The molecule has 0 amide bonds. The molecule has 0 aliphatic carbocycles. The Morgan fingerprint density at radius 1 is 1.36 bits per heavy atom. The van der Waals surface area contributed by atoms with E-state index in [-0.39, 0.29) is 58.2 Å². The van der Waals surface area contributed by atoms with E-state index in [4.69, 9.17) is 10.1 Å². The quantitative estimate of drug-likeness (QED) is 0.576. The first kappa shape index (κ1) is 11.9. The van der Waals surface area contributed by atoms with Gasteiger partial charge in [-0.1, -0.05) is 18.2 Å². The number of benzene rings is 1. The topological polar surface area (TPSA) is 45.4 Å². The summed E-state index contributed by atoms with van der Waals surface area (Å²) in [7, 11) is 0. The Morgan fingerprint density at radius 3 is 2.64 bits per heavy atom. The maximum absolute atomic E-state index is 8.55. The van der Waals surface area contributed by atoms with Gasteiger partial charge in [0.15, 0.2) is 6.10 Å². The van der Waals surface area contributed by atoms with Crippen LogP contribution in [0.2, 0.25) is 0 Å². The van der Waals surface area contributed by atoms with Crippen molar-refractivity contribution in [2.24, 2.45) is 5.16 Å². The summed E-state index contributed by atoms with van der Waals surface area (Å²) in [5, 5.41) is 12.3. The number of rotatable bonds is 1. The number of nitrogens with zero attached hydrogens (tertiary/aromatic N) is 2. The Balaban J connectivity index is 0.000000980. The van der Waals surface area contributed by atoms with Crippen molar-refractivity contribution in [1.29, 1.82) is 5.26 Å². The predicted molar refractivity (Wildman–Crippen MR) is 47.8 cm³/mol. The first-order valence-corrected chi connectivity index (χ1v) is 3.94. The zero-order valence-corrected chi connectivity index (χ0v) is 12.8. The normalized spacial score (nSPS) is 18.2. The van der Waals surface area contributed by atoms with Crippen LogP contribution in [-0.4, -0.2) is 11.8 Å². The van der Waals surface area contributed by atoms with Gasteiger partial charge in [0.05, 0.1) is 6.07 Å². The monoisotopic (exact) mass is 256 g/mol. The molecule has 0 fully saturated rings. The van der Waals surface area contributed by atoms with Crippen LogP contribution < -0.4 is 58.2 Å². The Kier molecular flexibility index (Phi) is 4.83. The summed E-state index contributed by atoms with van der Waals surface area (Å²) >= 11 is 0. The molecule has 4 heteroatoms. The fourth-order valence-corrected chi connectivity index (χ4v) is 1.14. The van der Waals surface area contributed by atoms with Crippen molar-refractivity contribution in [2.45, 2.75) is 6.10 Å². The summed E-state index contributed by atoms with van der Waals surface area (Å²) in [6.07, 6.45) is 1.17. The van der Waals surface area contributed by atoms with E-state index in [1.54, 1.807) is 6.42 Å². The van der Waals surface area contributed by atoms with E-state index in [1.807, 2.05) is 36.4 Å². The van der Waals surface area contributed by atoms with Crippen LogP contribution in [0.5, 0.6) is 0 Å². The summed E-state index contributed by atoms with van der Waals surface area (Å²) in [5.41, 5.74) is 1.70. The Hall–Kier alpha value is -0.145. The first-order valence-electron chi connectivity index (χ1n) is 3.94. The molecule has 1 aliphatic rings. The molecule has 3 nitrogen and oxygen atoms in total. The van der Waals surface area contributed by atoms with Crippen molar-refractivity contribution >= 4 is 5.71 Å². The second-order valence-electron chi connectivity index (χ2n) is 2.66. The number of oxime groups is 1. The maximum Gasteiger partial charge on any atom is 1.00 e. The van der Waals surface area contributed by atoms with Gasteiger partial charge in [0.2, 0.25) is 0 Å². The summed E-state index contributed by atoms with van der Waals surface area (Å²) in [5.74, 6) is 0.